The quantitative estimate of drug-likeness (QED) is 0.924. The minimum atomic E-state index is -0.668. The maximum absolute atomic E-state index is 13.5. The van der Waals surface area contributed by atoms with Crippen LogP contribution in [0.3, 0.4) is 0 Å². The molecule has 1 aromatic heterocycles. The van der Waals surface area contributed by atoms with E-state index < -0.39 is 11.6 Å². The number of fused-ring (bicyclic) bond motifs is 1. The molecule has 1 aliphatic rings. The van der Waals surface area contributed by atoms with Crippen LogP contribution in [0.2, 0.25) is 0 Å². The van der Waals surface area contributed by atoms with E-state index >= 15 is 0 Å². The van der Waals surface area contributed by atoms with E-state index in [-0.39, 0.29) is 11.7 Å². The second-order valence-corrected chi connectivity index (χ2v) is 4.74. The third-order valence-corrected chi connectivity index (χ3v) is 3.45. The summed E-state index contributed by atoms with van der Waals surface area (Å²) >= 11 is 0. The summed E-state index contributed by atoms with van der Waals surface area (Å²) in [6.07, 6.45) is 4.72. The van der Waals surface area contributed by atoms with Gasteiger partial charge in [-0.3, -0.25) is 0 Å². The van der Waals surface area contributed by atoms with Crippen molar-refractivity contribution in [1.82, 2.24) is 9.97 Å². The zero-order valence-electron chi connectivity index (χ0n) is 10.3. The van der Waals surface area contributed by atoms with Crippen molar-refractivity contribution in [2.45, 2.75) is 25.2 Å². The number of aryl methyl sites for hydroxylation is 1. The Morgan fingerprint density at radius 2 is 2.26 bits per heavy atom. The number of hydrogen-bond acceptors (Lipinski definition) is 2. The molecular weight excluding hydrogens is 250 g/mol. The van der Waals surface area contributed by atoms with E-state index in [0.717, 1.165) is 36.7 Å². The minimum Gasteiger partial charge on any atom is -0.490 e. The highest BCUT2D eigenvalue weighted by atomic mass is 19.1. The number of benzene rings is 1. The Balaban J connectivity index is 1.71. The predicted octanol–water partition coefficient (Wildman–Crippen LogP) is 3.19. The number of nitrogens with zero attached hydrogens (tertiary/aromatic N) is 1. The Labute approximate surface area is 109 Å². The third-order valence-electron chi connectivity index (χ3n) is 3.45. The van der Waals surface area contributed by atoms with Crippen molar-refractivity contribution in [3.05, 3.63) is 47.5 Å². The van der Waals surface area contributed by atoms with E-state index in [2.05, 4.69) is 9.97 Å². The van der Waals surface area contributed by atoms with Gasteiger partial charge in [-0.2, -0.15) is 0 Å². The van der Waals surface area contributed by atoms with Crippen LogP contribution in [0.5, 0.6) is 5.75 Å². The van der Waals surface area contributed by atoms with Gasteiger partial charge in [0.15, 0.2) is 11.6 Å². The molecule has 1 heterocycles. The molecule has 19 heavy (non-hydrogen) atoms. The number of halogens is 2. The van der Waals surface area contributed by atoms with Gasteiger partial charge in [0.25, 0.3) is 0 Å². The normalized spacial score (nSPS) is 18.1. The lowest BCUT2D eigenvalue weighted by molar-refractivity contribution is 0.260. The van der Waals surface area contributed by atoms with Crippen LogP contribution in [0.4, 0.5) is 8.78 Å². The summed E-state index contributed by atoms with van der Waals surface area (Å²) < 4.78 is 31.7. The molecule has 2 aromatic rings. The molecule has 5 heteroatoms. The first-order valence-corrected chi connectivity index (χ1v) is 6.34. The lowest BCUT2D eigenvalue weighted by atomic mass is 9.90. The molecule has 0 radical (unpaired) electrons. The minimum absolute atomic E-state index is 0.0871. The summed E-state index contributed by atoms with van der Waals surface area (Å²) in [6, 6.07) is 3.34. The van der Waals surface area contributed by atoms with Gasteiger partial charge in [0.2, 0.25) is 0 Å². The summed E-state index contributed by atoms with van der Waals surface area (Å²) in [5.74, 6) is -1.02. The van der Waals surface area contributed by atoms with Crippen molar-refractivity contribution in [3.63, 3.8) is 0 Å². The second kappa shape index (κ2) is 4.99. The maximum Gasteiger partial charge on any atom is 0.167 e. The van der Waals surface area contributed by atoms with Gasteiger partial charge < -0.3 is 9.72 Å². The largest absolute Gasteiger partial charge is 0.490 e. The lowest BCUT2D eigenvalue weighted by Gasteiger charge is -2.21. The molecule has 0 bridgehead atoms. The van der Waals surface area contributed by atoms with E-state index in [9.17, 15) is 8.78 Å². The van der Waals surface area contributed by atoms with Gasteiger partial charge in [-0.15, -0.1) is 0 Å². The van der Waals surface area contributed by atoms with Gasteiger partial charge in [-0.25, -0.2) is 13.8 Å². The van der Waals surface area contributed by atoms with Crippen molar-refractivity contribution >= 4 is 0 Å². The summed E-state index contributed by atoms with van der Waals surface area (Å²) in [7, 11) is 0. The Morgan fingerprint density at radius 1 is 1.37 bits per heavy atom. The van der Waals surface area contributed by atoms with Crippen LogP contribution < -0.4 is 4.74 Å². The lowest BCUT2D eigenvalue weighted by Crippen LogP contribution is -2.17. The fourth-order valence-electron chi connectivity index (χ4n) is 2.49. The van der Waals surface area contributed by atoms with Crippen molar-refractivity contribution in [1.29, 1.82) is 0 Å². The van der Waals surface area contributed by atoms with Gasteiger partial charge in [0, 0.05) is 17.7 Å². The first-order valence-electron chi connectivity index (χ1n) is 6.34. The number of nitrogens with one attached hydrogen (secondary N) is 1. The standard InChI is InChI=1S/C14H14F2N2O/c15-10-4-5-13(11(16)6-10)19-7-9-2-1-3-12-14(9)18-8-17-12/h4-6,8-9H,1-3,7H2,(H,17,18). The monoisotopic (exact) mass is 264 g/mol. The predicted molar refractivity (Wildman–Crippen MR) is 66.1 cm³/mol. The molecule has 0 saturated carbocycles. The zero-order valence-corrected chi connectivity index (χ0v) is 10.3. The van der Waals surface area contributed by atoms with Gasteiger partial charge in [0.1, 0.15) is 5.82 Å². The Bertz CT molecular complexity index is 583. The highest BCUT2D eigenvalue weighted by molar-refractivity contribution is 5.25. The number of H-pyrrole nitrogens is 1. The van der Waals surface area contributed by atoms with Crippen LogP contribution in [0.1, 0.15) is 30.1 Å². The second-order valence-electron chi connectivity index (χ2n) is 4.74. The number of ether oxygens (including phenoxy) is 1. The van der Waals surface area contributed by atoms with Crippen LogP contribution in [0.15, 0.2) is 24.5 Å². The van der Waals surface area contributed by atoms with Gasteiger partial charge in [-0.1, -0.05) is 0 Å². The molecule has 0 saturated heterocycles. The highest BCUT2D eigenvalue weighted by Gasteiger charge is 2.23. The van der Waals surface area contributed by atoms with E-state index in [1.807, 2.05) is 0 Å². The SMILES string of the molecule is Fc1ccc(OCC2CCCc3[nH]cnc32)c(F)c1. The molecule has 0 spiro atoms. The fraction of sp³-hybridized carbons (Fsp3) is 0.357. The van der Waals surface area contributed by atoms with E-state index in [1.165, 1.54) is 12.1 Å². The Hall–Kier alpha value is -1.91. The van der Waals surface area contributed by atoms with E-state index in [4.69, 9.17) is 4.74 Å². The molecule has 1 N–H and O–H groups in total. The Morgan fingerprint density at radius 3 is 3.11 bits per heavy atom. The fourth-order valence-corrected chi connectivity index (χ4v) is 2.49. The number of aromatic nitrogens is 2. The van der Waals surface area contributed by atoms with Crippen LogP contribution in [0.25, 0.3) is 0 Å². The molecule has 1 atom stereocenters. The molecule has 3 nitrogen and oxygen atoms in total. The highest BCUT2D eigenvalue weighted by Crippen LogP contribution is 2.30. The first kappa shape index (κ1) is 12.1. The molecule has 0 fully saturated rings. The number of hydrogen-bond donors (Lipinski definition) is 1. The topological polar surface area (TPSA) is 37.9 Å². The molecular formula is C14H14F2N2O. The molecule has 100 valence electrons. The molecule has 1 unspecified atom stereocenters. The van der Waals surface area contributed by atoms with Crippen LogP contribution in [-0.4, -0.2) is 16.6 Å². The average Bonchev–Trinajstić information content (AvgIpc) is 2.86. The number of imidazole rings is 1. The third kappa shape index (κ3) is 2.45. The number of aromatic amines is 1. The van der Waals surface area contributed by atoms with Gasteiger partial charge in [-0.05, 0) is 31.4 Å². The zero-order chi connectivity index (χ0) is 13.2. The number of rotatable bonds is 3. The van der Waals surface area contributed by atoms with Crippen molar-refractivity contribution < 1.29 is 13.5 Å². The molecule has 0 amide bonds. The van der Waals surface area contributed by atoms with E-state index in [0.29, 0.717) is 6.61 Å². The average molecular weight is 264 g/mol. The van der Waals surface area contributed by atoms with Gasteiger partial charge in [0.05, 0.1) is 18.6 Å². The molecule has 0 aliphatic heterocycles. The summed E-state index contributed by atoms with van der Waals surface area (Å²) in [4.78, 5) is 7.41. The van der Waals surface area contributed by atoms with Crippen LogP contribution in [-0.2, 0) is 6.42 Å². The summed E-state index contributed by atoms with van der Waals surface area (Å²) in [5.41, 5.74) is 2.15. The van der Waals surface area contributed by atoms with Crippen LogP contribution >= 0.6 is 0 Å². The van der Waals surface area contributed by atoms with E-state index in [1.54, 1.807) is 6.33 Å². The van der Waals surface area contributed by atoms with Gasteiger partial charge >= 0.3 is 0 Å². The van der Waals surface area contributed by atoms with Crippen molar-refractivity contribution in [2.75, 3.05) is 6.61 Å². The Kier molecular flexibility index (Phi) is 3.19. The summed E-state index contributed by atoms with van der Waals surface area (Å²) in [5, 5.41) is 0. The van der Waals surface area contributed by atoms with Crippen molar-refractivity contribution in [3.8, 4) is 5.75 Å². The van der Waals surface area contributed by atoms with Crippen molar-refractivity contribution in [2.24, 2.45) is 0 Å². The smallest absolute Gasteiger partial charge is 0.167 e. The molecule has 1 aromatic carbocycles. The first-order chi connectivity index (χ1) is 9.24. The maximum atomic E-state index is 13.5. The molecule has 3 rings (SSSR count). The molecule has 1 aliphatic carbocycles. The summed E-state index contributed by atoms with van der Waals surface area (Å²) in [6.45, 7) is 0.362. The van der Waals surface area contributed by atoms with Crippen LogP contribution in [0, 0.1) is 11.6 Å².